The van der Waals surface area contributed by atoms with Crippen LogP contribution in [0.3, 0.4) is 0 Å². The quantitative estimate of drug-likeness (QED) is 0.831. The van der Waals surface area contributed by atoms with Crippen LogP contribution in [0.2, 0.25) is 0 Å². The van der Waals surface area contributed by atoms with Crippen molar-refractivity contribution in [1.29, 1.82) is 0 Å². The van der Waals surface area contributed by atoms with Crippen LogP contribution in [0.15, 0.2) is 12.1 Å². The van der Waals surface area contributed by atoms with Gasteiger partial charge < -0.3 is 10.6 Å². The Hall–Kier alpha value is -1.03. The maximum atomic E-state index is 11.5. The molecule has 0 radical (unpaired) electrons. The van der Waals surface area contributed by atoms with Crippen molar-refractivity contribution < 1.29 is 4.79 Å². The average Bonchev–Trinajstić information content (AvgIpc) is 2.89. The van der Waals surface area contributed by atoms with Gasteiger partial charge in [0.1, 0.15) is 0 Å². The molecule has 88 valence electrons. The van der Waals surface area contributed by atoms with Crippen LogP contribution in [0.5, 0.6) is 0 Å². The SMILES string of the molecule is Cc1ccc(C[C@H](C)NC(=O)NC2CC2)s1. The lowest BCUT2D eigenvalue weighted by Crippen LogP contribution is -2.42. The van der Waals surface area contributed by atoms with Crippen LogP contribution in [0.4, 0.5) is 4.79 Å². The number of aryl methyl sites for hydroxylation is 1. The Bertz CT molecular complexity index is 371. The van der Waals surface area contributed by atoms with E-state index in [2.05, 4.69) is 29.7 Å². The number of nitrogens with one attached hydrogen (secondary N) is 2. The van der Waals surface area contributed by atoms with Gasteiger partial charge in [0.25, 0.3) is 0 Å². The maximum Gasteiger partial charge on any atom is 0.315 e. The van der Waals surface area contributed by atoms with Gasteiger partial charge in [-0.1, -0.05) is 0 Å². The monoisotopic (exact) mass is 238 g/mol. The first kappa shape index (κ1) is 11.5. The third-order valence-electron chi connectivity index (χ3n) is 2.59. The highest BCUT2D eigenvalue weighted by atomic mass is 32.1. The topological polar surface area (TPSA) is 41.1 Å². The summed E-state index contributed by atoms with van der Waals surface area (Å²) in [5.41, 5.74) is 0. The van der Waals surface area contributed by atoms with E-state index >= 15 is 0 Å². The zero-order valence-electron chi connectivity index (χ0n) is 9.75. The molecule has 1 aromatic rings. The fourth-order valence-electron chi connectivity index (χ4n) is 1.63. The van der Waals surface area contributed by atoms with E-state index in [9.17, 15) is 4.79 Å². The Morgan fingerprint density at radius 1 is 1.56 bits per heavy atom. The second-order valence-electron chi connectivity index (χ2n) is 4.51. The second kappa shape index (κ2) is 4.87. The van der Waals surface area contributed by atoms with Crippen LogP contribution < -0.4 is 10.6 Å². The number of urea groups is 1. The third kappa shape index (κ3) is 3.52. The molecule has 1 fully saturated rings. The highest BCUT2D eigenvalue weighted by Gasteiger charge is 2.23. The molecule has 0 aliphatic heterocycles. The van der Waals surface area contributed by atoms with Gasteiger partial charge >= 0.3 is 6.03 Å². The average molecular weight is 238 g/mol. The lowest BCUT2D eigenvalue weighted by molar-refractivity contribution is 0.237. The highest BCUT2D eigenvalue weighted by molar-refractivity contribution is 7.11. The molecule has 1 aliphatic rings. The van der Waals surface area contributed by atoms with Gasteiger partial charge in [0.15, 0.2) is 0 Å². The first-order valence-corrected chi connectivity index (χ1v) is 6.57. The number of carbonyl (C=O) groups excluding carboxylic acids is 1. The van der Waals surface area contributed by atoms with E-state index in [1.165, 1.54) is 9.75 Å². The molecular formula is C12H18N2OS. The zero-order chi connectivity index (χ0) is 11.5. The Morgan fingerprint density at radius 3 is 2.88 bits per heavy atom. The molecular weight excluding hydrogens is 220 g/mol. The van der Waals surface area contributed by atoms with Crippen LogP contribution in [0.1, 0.15) is 29.5 Å². The van der Waals surface area contributed by atoms with Crippen molar-refractivity contribution in [1.82, 2.24) is 10.6 Å². The standard InChI is InChI=1S/C12H18N2OS/c1-8(7-11-6-3-9(2)16-11)13-12(15)14-10-4-5-10/h3,6,8,10H,4-5,7H2,1-2H3,(H2,13,14,15)/t8-/m0/s1. The number of rotatable bonds is 4. The smallest absolute Gasteiger partial charge is 0.315 e. The lowest BCUT2D eigenvalue weighted by Gasteiger charge is -2.13. The van der Waals surface area contributed by atoms with E-state index in [0.29, 0.717) is 6.04 Å². The summed E-state index contributed by atoms with van der Waals surface area (Å²) >= 11 is 1.80. The molecule has 1 aromatic heterocycles. The van der Waals surface area contributed by atoms with E-state index in [1.807, 2.05) is 6.92 Å². The van der Waals surface area contributed by atoms with E-state index in [0.717, 1.165) is 19.3 Å². The Morgan fingerprint density at radius 2 is 2.31 bits per heavy atom. The predicted octanol–water partition coefficient (Wildman–Crippen LogP) is 2.45. The number of thiophene rings is 1. The van der Waals surface area contributed by atoms with E-state index in [1.54, 1.807) is 11.3 Å². The summed E-state index contributed by atoms with van der Waals surface area (Å²) in [5.74, 6) is 0. The van der Waals surface area contributed by atoms with E-state index in [-0.39, 0.29) is 12.1 Å². The molecule has 4 heteroatoms. The van der Waals surface area contributed by atoms with E-state index in [4.69, 9.17) is 0 Å². The minimum atomic E-state index is -0.0247. The third-order valence-corrected chi connectivity index (χ3v) is 3.62. The molecule has 1 aliphatic carbocycles. The molecule has 16 heavy (non-hydrogen) atoms. The molecule has 0 unspecified atom stereocenters. The van der Waals surface area contributed by atoms with Gasteiger partial charge in [-0.3, -0.25) is 0 Å². The normalized spacial score (nSPS) is 16.9. The molecule has 0 spiro atoms. The fraction of sp³-hybridized carbons (Fsp3) is 0.583. The summed E-state index contributed by atoms with van der Waals surface area (Å²) in [7, 11) is 0. The summed E-state index contributed by atoms with van der Waals surface area (Å²) in [4.78, 5) is 14.1. The van der Waals surface area contributed by atoms with E-state index < -0.39 is 0 Å². The molecule has 1 saturated carbocycles. The number of amides is 2. The first-order valence-electron chi connectivity index (χ1n) is 5.76. The fourth-order valence-corrected chi connectivity index (χ4v) is 2.65. The highest BCUT2D eigenvalue weighted by Crippen LogP contribution is 2.19. The largest absolute Gasteiger partial charge is 0.335 e. The molecule has 2 rings (SSSR count). The number of hydrogen-bond acceptors (Lipinski definition) is 2. The Kier molecular flexibility index (Phi) is 3.49. The lowest BCUT2D eigenvalue weighted by atomic mass is 10.2. The molecule has 3 nitrogen and oxygen atoms in total. The summed E-state index contributed by atoms with van der Waals surface area (Å²) in [6, 6.07) is 4.85. The van der Waals surface area contributed by atoms with Crippen molar-refractivity contribution in [3.8, 4) is 0 Å². The van der Waals surface area contributed by atoms with Crippen molar-refractivity contribution in [2.45, 2.75) is 45.2 Å². The van der Waals surface area contributed by atoms with Crippen LogP contribution in [-0.4, -0.2) is 18.1 Å². The van der Waals surface area contributed by atoms with Gasteiger partial charge in [0.2, 0.25) is 0 Å². The van der Waals surface area contributed by atoms with Gasteiger partial charge in [-0.25, -0.2) is 4.79 Å². The minimum absolute atomic E-state index is 0.0247. The zero-order valence-corrected chi connectivity index (χ0v) is 10.6. The van der Waals surface area contributed by atoms with Crippen molar-refractivity contribution >= 4 is 17.4 Å². The molecule has 1 heterocycles. The van der Waals surface area contributed by atoms with Crippen LogP contribution in [0, 0.1) is 6.92 Å². The number of carbonyl (C=O) groups is 1. The van der Waals surface area contributed by atoms with Crippen molar-refractivity contribution in [2.24, 2.45) is 0 Å². The van der Waals surface area contributed by atoms with Crippen molar-refractivity contribution in [2.75, 3.05) is 0 Å². The molecule has 0 bridgehead atoms. The summed E-state index contributed by atoms with van der Waals surface area (Å²) in [5, 5.41) is 5.89. The summed E-state index contributed by atoms with van der Waals surface area (Å²) < 4.78 is 0. The Labute approximate surface area is 100 Å². The maximum absolute atomic E-state index is 11.5. The van der Waals surface area contributed by atoms with Gasteiger partial charge in [-0.05, 0) is 38.8 Å². The van der Waals surface area contributed by atoms with Gasteiger partial charge in [-0.2, -0.15) is 0 Å². The molecule has 1 atom stereocenters. The second-order valence-corrected chi connectivity index (χ2v) is 5.88. The van der Waals surface area contributed by atoms with Gasteiger partial charge in [0, 0.05) is 28.3 Å². The summed E-state index contributed by atoms with van der Waals surface area (Å²) in [6.45, 7) is 4.15. The van der Waals surface area contributed by atoms with Gasteiger partial charge in [-0.15, -0.1) is 11.3 Å². The molecule has 0 aromatic carbocycles. The van der Waals surface area contributed by atoms with Crippen molar-refractivity contribution in [3.63, 3.8) is 0 Å². The predicted molar refractivity (Wildman–Crippen MR) is 66.9 cm³/mol. The van der Waals surface area contributed by atoms with Crippen LogP contribution in [0.25, 0.3) is 0 Å². The van der Waals surface area contributed by atoms with Crippen LogP contribution in [-0.2, 0) is 6.42 Å². The first-order chi connectivity index (χ1) is 7.63. The van der Waals surface area contributed by atoms with Crippen molar-refractivity contribution in [3.05, 3.63) is 21.9 Å². The Balaban J connectivity index is 1.74. The minimum Gasteiger partial charge on any atom is -0.335 e. The summed E-state index contributed by atoms with van der Waals surface area (Å²) in [6.07, 6.45) is 3.18. The molecule has 2 amide bonds. The van der Waals surface area contributed by atoms with Crippen LogP contribution >= 0.6 is 11.3 Å². The molecule has 2 N–H and O–H groups in total. The number of hydrogen-bond donors (Lipinski definition) is 2. The molecule has 0 saturated heterocycles. The van der Waals surface area contributed by atoms with Gasteiger partial charge in [0.05, 0.1) is 0 Å².